The van der Waals surface area contributed by atoms with Crippen LogP contribution in [0.1, 0.15) is 16.8 Å². The number of anilines is 1. The van der Waals surface area contributed by atoms with E-state index in [-0.39, 0.29) is 10.1 Å². The maximum absolute atomic E-state index is 12.4. The smallest absolute Gasteiger partial charge is 0.271 e. The molecular weight excluding hydrogens is 454 g/mol. The molecule has 2 aromatic carbocycles. The first kappa shape index (κ1) is 21.4. The lowest BCUT2D eigenvalue weighted by molar-refractivity contribution is 0.0953. The van der Waals surface area contributed by atoms with Crippen molar-refractivity contribution in [2.24, 2.45) is 0 Å². The molecule has 0 aliphatic rings. The minimum atomic E-state index is -3.70. The number of thiophene rings is 1. The van der Waals surface area contributed by atoms with Crippen LogP contribution in [0.2, 0.25) is 4.34 Å². The minimum absolute atomic E-state index is 0.134. The summed E-state index contributed by atoms with van der Waals surface area (Å²) in [7, 11) is -3.70. The minimum Gasteiger partial charge on any atom is -0.352 e. The third-order valence-electron chi connectivity index (χ3n) is 4.75. The number of nitrogens with zero attached hydrogens (tertiary/aromatic N) is 1. The molecule has 2 N–H and O–H groups in total. The highest BCUT2D eigenvalue weighted by Gasteiger charge is 2.17. The van der Waals surface area contributed by atoms with E-state index in [0.29, 0.717) is 22.1 Å². The Kier molecular flexibility index (Phi) is 6.31. The molecule has 1 amide bonds. The molecule has 9 heteroatoms. The van der Waals surface area contributed by atoms with Gasteiger partial charge >= 0.3 is 0 Å². The number of benzene rings is 2. The summed E-state index contributed by atoms with van der Waals surface area (Å²) >= 11 is 6.79. The molecule has 0 bridgehead atoms. The van der Waals surface area contributed by atoms with Gasteiger partial charge in [0.15, 0.2) is 0 Å². The number of halogens is 1. The number of hydrogen-bond acceptors (Lipinski definition) is 4. The Hall–Kier alpha value is -2.81. The molecule has 0 spiro atoms. The number of carbonyl (C=O) groups excluding carboxylic acids is 1. The van der Waals surface area contributed by atoms with Crippen molar-refractivity contribution in [1.29, 1.82) is 0 Å². The van der Waals surface area contributed by atoms with E-state index in [9.17, 15) is 13.2 Å². The highest BCUT2D eigenvalue weighted by Crippen LogP contribution is 2.27. The molecule has 0 fully saturated rings. The molecule has 4 aromatic rings. The Morgan fingerprint density at radius 2 is 1.77 bits per heavy atom. The number of hydrogen-bond donors (Lipinski definition) is 2. The van der Waals surface area contributed by atoms with Gasteiger partial charge < -0.3 is 9.88 Å². The normalized spacial score (nSPS) is 11.5. The van der Waals surface area contributed by atoms with Gasteiger partial charge in [-0.2, -0.15) is 0 Å². The third kappa shape index (κ3) is 5.10. The van der Waals surface area contributed by atoms with Gasteiger partial charge in [0, 0.05) is 36.1 Å². The van der Waals surface area contributed by atoms with Crippen molar-refractivity contribution < 1.29 is 13.2 Å². The molecule has 2 aromatic heterocycles. The molecule has 160 valence electrons. The zero-order chi connectivity index (χ0) is 21.8. The average molecular weight is 474 g/mol. The van der Waals surface area contributed by atoms with Gasteiger partial charge in [-0.15, -0.1) is 11.3 Å². The van der Waals surface area contributed by atoms with Crippen molar-refractivity contribution in [2.45, 2.75) is 17.2 Å². The molecule has 0 aliphatic heterocycles. The van der Waals surface area contributed by atoms with Gasteiger partial charge in [-0.25, -0.2) is 8.42 Å². The Bertz CT molecular complexity index is 1310. The quantitative estimate of drug-likeness (QED) is 0.354. The molecule has 0 radical (unpaired) electrons. The summed E-state index contributed by atoms with van der Waals surface area (Å²) in [6, 6.07) is 19.6. The van der Waals surface area contributed by atoms with Crippen LogP contribution in [0.3, 0.4) is 0 Å². The summed E-state index contributed by atoms with van der Waals surface area (Å²) in [5, 5.41) is 4.10. The van der Waals surface area contributed by atoms with E-state index in [0.717, 1.165) is 24.3 Å². The van der Waals surface area contributed by atoms with Gasteiger partial charge in [0.25, 0.3) is 15.9 Å². The first-order chi connectivity index (χ1) is 14.9. The highest BCUT2D eigenvalue weighted by molar-refractivity contribution is 7.94. The number of carbonyl (C=O) groups is 1. The number of aromatic nitrogens is 1. The topological polar surface area (TPSA) is 80.2 Å². The lowest BCUT2D eigenvalue weighted by atomic mass is 10.2. The van der Waals surface area contributed by atoms with Crippen molar-refractivity contribution in [3.05, 3.63) is 82.8 Å². The zero-order valence-electron chi connectivity index (χ0n) is 16.4. The summed E-state index contributed by atoms with van der Waals surface area (Å²) in [6.45, 7) is 1.35. The lowest BCUT2D eigenvalue weighted by Crippen LogP contribution is -2.25. The molecule has 31 heavy (non-hydrogen) atoms. The van der Waals surface area contributed by atoms with Crippen molar-refractivity contribution in [3.63, 3.8) is 0 Å². The number of para-hydroxylation sites is 1. The van der Waals surface area contributed by atoms with E-state index in [1.807, 2.05) is 12.1 Å². The fraction of sp³-hybridized carbons (Fsp3) is 0.136. The highest BCUT2D eigenvalue weighted by atomic mass is 35.5. The van der Waals surface area contributed by atoms with Crippen LogP contribution in [-0.2, 0) is 16.6 Å². The largest absolute Gasteiger partial charge is 0.352 e. The summed E-state index contributed by atoms with van der Waals surface area (Å²) < 4.78 is 29.9. The number of amides is 1. The molecule has 2 heterocycles. The number of rotatable bonds is 8. The van der Waals surface area contributed by atoms with Crippen LogP contribution in [0.4, 0.5) is 5.69 Å². The van der Waals surface area contributed by atoms with Crippen LogP contribution in [-0.4, -0.2) is 25.4 Å². The van der Waals surface area contributed by atoms with Crippen molar-refractivity contribution in [1.82, 2.24) is 9.88 Å². The fourth-order valence-corrected chi connectivity index (χ4v) is 5.77. The van der Waals surface area contributed by atoms with Crippen LogP contribution in [0.25, 0.3) is 10.9 Å². The molecule has 4 rings (SSSR count). The van der Waals surface area contributed by atoms with Crippen LogP contribution >= 0.6 is 22.9 Å². The number of sulfonamides is 1. The number of nitrogens with one attached hydrogen (secondary N) is 2. The van der Waals surface area contributed by atoms with E-state index in [4.69, 9.17) is 11.6 Å². The standard InChI is InChI=1S/C22H20ClN3O3S2/c23-20-10-11-21(30-20)31(28,29)25-18-8-6-17(7-9-18)22(27)24-13-3-14-26-15-12-16-4-1-2-5-19(16)26/h1-2,4-12,15,25H,3,13-14H2,(H,24,27). The Balaban J connectivity index is 1.29. The number of fused-ring (bicyclic) bond motifs is 1. The lowest BCUT2D eigenvalue weighted by Gasteiger charge is -2.09. The van der Waals surface area contributed by atoms with Gasteiger partial charge in [0.05, 0.1) is 4.34 Å². The maximum atomic E-state index is 12.4. The molecule has 0 saturated heterocycles. The van der Waals surface area contributed by atoms with Crippen molar-refractivity contribution in [3.8, 4) is 0 Å². The van der Waals surface area contributed by atoms with Gasteiger partial charge in [-0.05, 0) is 60.3 Å². The van der Waals surface area contributed by atoms with Gasteiger partial charge in [-0.1, -0.05) is 29.8 Å². The average Bonchev–Trinajstić information content (AvgIpc) is 3.38. The second-order valence-electron chi connectivity index (χ2n) is 6.92. The Morgan fingerprint density at radius 3 is 2.52 bits per heavy atom. The molecule has 0 unspecified atom stereocenters. The maximum Gasteiger partial charge on any atom is 0.271 e. The Morgan fingerprint density at radius 1 is 1.00 bits per heavy atom. The van der Waals surface area contributed by atoms with Crippen LogP contribution in [0.15, 0.2) is 77.1 Å². The second kappa shape index (κ2) is 9.13. The number of aryl methyl sites for hydroxylation is 1. The molecule has 6 nitrogen and oxygen atoms in total. The Labute approximate surface area is 189 Å². The van der Waals surface area contributed by atoms with Crippen molar-refractivity contribution >= 4 is 55.5 Å². The van der Waals surface area contributed by atoms with Gasteiger partial charge in [0.1, 0.15) is 4.21 Å². The molecular formula is C22H20ClN3O3S2. The summed E-state index contributed by atoms with van der Waals surface area (Å²) in [6.07, 6.45) is 2.85. The van der Waals surface area contributed by atoms with E-state index in [1.165, 1.54) is 23.0 Å². The predicted molar refractivity (Wildman–Crippen MR) is 125 cm³/mol. The van der Waals surface area contributed by atoms with E-state index in [1.54, 1.807) is 24.3 Å². The summed E-state index contributed by atoms with van der Waals surface area (Å²) in [4.78, 5) is 12.4. The van der Waals surface area contributed by atoms with Crippen LogP contribution < -0.4 is 10.0 Å². The van der Waals surface area contributed by atoms with Crippen molar-refractivity contribution in [2.75, 3.05) is 11.3 Å². The zero-order valence-corrected chi connectivity index (χ0v) is 18.8. The predicted octanol–water partition coefficient (Wildman–Crippen LogP) is 4.98. The monoisotopic (exact) mass is 473 g/mol. The first-order valence-corrected chi connectivity index (χ1v) is 12.3. The molecule has 0 atom stereocenters. The molecule has 0 aliphatic carbocycles. The molecule has 0 saturated carbocycles. The second-order valence-corrected chi connectivity index (χ2v) is 10.5. The SMILES string of the molecule is O=C(NCCCn1ccc2ccccc21)c1ccc(NS(=O)(=O)c2ccc(Cl)s2)cc1. The summed E-state index contributed by atoms with van der Waals surface area (Å²) in [5.74, 6) is -0.197. The van der Waals surface area contributed by atoms with E-state index < -0.39 is 10.0 Å². The van der Waals surface area contributed by atoms with Crippen LogP contribution in [0, 0.1) is 0 Å². The van der Waals surface area contributed by atoms with E-state index >= 15 is 0 Å². The van der Waals surface area contributed by atoms with Crippen LogP contribution in [0.5, 0.6) is 0 Å². The first-order valence-electron chi connectivity index (χ1n) is 9.63. The summed E-state index contributed by atoms with van der Waals surface area (Å²) in [5.41, 5.74) is 2.02. The third-order valence-corrected chi connectivity index (χ3v) is 7.86. The van der Waals surface area contributed by atoms with E-state index in [2.05, 4.69) is 39.0 Å². The van der Waals surface area contributed by atoms with Gasteiger partial charge in [-0.3, -0.25) is 9.52 Å². The van der Waals surface area contributed by atoms with Gasteiger partial charge in [0.2, 0.25) is 0 Å². The fourth-order valence-electron chi connectivity index (χ4n) is 3.23.